The van der Waals surface area contributed by atoms with E-state index in [2.05, 4.69) is 18.7 Å². The summed E-state index contributed by atoms with van der Waals surface area (Å²) in [6.07, 6.45) is 7.14. The molecule has 2 aliphatic heterocycles. The molecule has 0 radical (unpaired) electrons. The summed E-state index contributed by atoms with van der Waals surface area (Å²) >= 11 is 0. The highest BCUT2D eigenvalue weighted by Gasteiger charge is 2.47. The van der Waals surface area contributed by atoms with E-state index >= 15 is 0 Å². The SMILES string of the molecule is CC(C)N1CC2(CCN(S(C)(=O)=O)CC2)C[C@@H]1COCC1CC1. The first-order valence-electron chi connectivity index (χ1n) is 9.08. The smallest absolute Gasteiger partial charge is 0.211 e. The zero-order valence-electron chi connectivity index (χ0n) is 14.8. The van der Waals surface area contributed by atoms with Gasteiger partial charge in [-0.2, -0.15) is 0 Å². The Morgan fingerprint density at radius 3 is 2.35 bits per heavy atom. The summed E-state index contributed by atoms with van der Waals surface area (Å²) < 4.78 is 31.1. The van der Waals surface area contributed by atoms with Crippen molar-refractivity contribution >= 4 is 10.0 Å². The highest BCUT2D eigenvalue weighted by molar-refractivity contribution is 7.88. The third-order valence-electron chi connectivity index (χ3n) is 5.93. The van der Waals surface area contributed by atoms with Gasteiger partial charge in [0.05, 0.1) is 12.9 Å². The molecule has 1 atom stereocenters. The van der Waals surface area contributed by atoms with Crippen LogP contribution < -0.4 is 0 Å². The van der Waals surface area contributed by atoms with Crippen LogP contribution in [-0.2, 0) is 14.8 Å². The average molecular weight is 345 g/mol. The summed E-state index contributed by atoms with van der Waals surface area (Å²) in [6, 6.07) is 1.02. The van der Waals surface area contributed by atoms with Gasteiger partial charge in [-0.15, -0.1) is 0 Å². The van der Waals surface area contributed by atoms with Gasteiger partial charge in [0.25, 0.3) is 0 Å². The molecule has 3 aliphatic rings. The Labute approximate surface area is 141 Å². The lowest BCUT2D eigenvalue weighted by molar-refractivity contribution is 0.0601. The van der Waals surface area contributed by atoms with E-state index in [0.29, 0.717) is 30.6 Å². The van der Waals surface area contributed by atoms with Crippen LogP contribution in [0.1, 0.15) is 46.0 Å². The number of piperidine rings is 1. The van der Waals surface area contributed by atoms with Crippen LogP contribution >= 0.6 is 0 Å². The Morgan fingerprint density at radius 1 is 1.17 bits per heavy atom. The fraction of sp³-hybridized carbons (Fsp3) is 1.00. The van der Waals surface area contributed by atoms with Gasteiger partial charge in [-0.1, -0.05) is 0 Å². The zero-order valence-corrected chi connectivity index (χ0v) is 15.6. The van der Waals surface area contributed by atoms with Crippen molar-refractivity contribution in [2.75, 3.05) is 39.1 Å². The molecule has 0 N–H and O–H groups in total. The van der Waals surface area contributed by atoms with Crippen LogP contribution in [0.4, 0.5) is 0 Å². The van der Waals surface area contributed by atoms with Crippen LogP contribution in [0.2, 0.25) is 0 Å². The maximum Gasteiger partial charge on any atom is 0.211 e. The van der Waals surface area contributed by atoms with E-state index in [1.807, 2.05) is 0 Å². The van der Waals surface area contributed by atoms with E-state index in [1.165, 1.54) is 19.1 Å². The van der Waals surface area contributed by atoms with Crippen molar-refractivity contribution in [2.24, 2.45) is 11.3 Å². The Hall–Kier alpha value is -0.170. The van der Waals surface area contributed by atoms with Gasteiger partial charge < -0.3 is 4.74 Å². The molecule has 1 saturated carbocycles. The number of hydrogen-bond donors (Lipinski definition) is 0. The summed E-state index contributed by atoms with van der Waals surface area (Å²) in [4.78, 5) is 2.59. The van der Waals surface area contributed by atoms with Crippen molar-refractivity contribution in [3.8, 4) is 0 Å². The molecule has 0 bridgehead atoms. The molecular weight excluding hydrogens is 312 g/mol. The maximum atomic E-state index is 11.7. The van der Waals surface area contributed by atoms with Crippen molar-refractivity contribution in [2.45, 2.75) is 58.0 Å². The predicted molar refractivity (Wildman–Crippen MR) is 91.9 cm³/mol. The molecule has 23 heavy (non-hydrogen) atoms. The normalized spacial score (nSPS) is 29.7. The number of sulfonamides is 1. The molecule has 2 heterocycles. The summed E-state index contributed by atoms with van der Waals surface area (Å²) in [7, 11) is -3.04. The second-order valence-electron chi connectivity index (χ2n) is 8.27. The lowest BCUT2D eigenvalue weighted by Gasteiger charge is -2.38. The Kier molecular flexibility index (Phi) is 5.08. The number of nitrogens with zero attached hydrogens (tertiary/aromatic N) is 2. The fourth-order valence-corrected chi connectivity index (χ4v) is 5.11. The average Bonchev–Trinajstić information content (AvgIpc) is 3.21. The van der Waals surface area contributed by atoms with E-state index in [-0.39, 0.29) is 0 Å². The van der Waals surface area contributed by atoms with Crippen LogP contribution in [-0.4, -0.2) is 68.8 Å². The highest BCUT2D eigenvalue weighted by atomic mass is 32.2. The van der Waals surface area contributed by atoms with Gasteiger partial charge in [-0.25, -0.2) is 12.7 Å². The van der Waals surface area contributed by atoms with Gasteiger partial charge in [0, 0.05) is 38.3 Å². The molecule has 3 fully saturated rings. The van der Waals surface area contributed by atoms with Crippen molar-refractivity contribution in [1.29, 1.82) is 0 Å². The third kappa shape index (κ3) is 4.27. The first-order valence-corrected chi connectivity index (χ1v) is 10.9. The van der Waals surface area contributed by atoms with Crippen LogP contribution in [0.15, 0.2) is 0 Å². The molecule has 0 aromatic carbocycles. The van der Waals surface area contributed by atoms with Gasteiger partial charge in [-0.05, 0) is 57.3 Å². The van der Waals surface area contributed by atoms with Crippen molar-refractivity contribution in [1.82, 2.24) is 9.21 Å². The lowest BCUT2D eigenvalue weighted by atomic mass is 9.77. The van der Waals surface area contributed by atoms with Gasteiger partial charge >= 0.3 is 0 Å². The van der Waals surface area contributed by atoms with Crippen molar-refractivity contribution < 1.29 is 13.2 Å². The van der Waals surface area contributed by atoms with Crippen LogP contribution in [0, 0.1) is 11.3 Å². The van der Waals surface area contributed by atoms with E-state index in [9.17, 15) is 8.42 Å². The standard InChI is InChI=1S/C17H32N2O3S/c1-14(2)19-13-17(6-8-18(9-7-17)23(3,20)21)10-16(19)12-22-11-15-4-5-15/h14-16H,4-13H2,1-3H3/t16-/m1/s1. The molecule has 134 valence electrons. The number of rotatable bonds is 6. The minimum atomic E-state index is -3.04. The molecule has 1 aliphatic carbocycles. The largest absolute Gasteiger partial charge is 0.380 e. The number of ether oxygens (including phenoxy) is 1. The molecule has 0 unspecified atom stereocenters. The molecule has 5 nitrogen and oxygen atoms in total. The quantitative estimate of drug-likeness (QED) is 0.739. The molecule has 0 amide bonds. The van der Waals surface area contributed by atoms with Crippen molar-refractivity contribution in [3.63, 3.8) is 0 Å². The topological polar surface area (TPSA) is 49.9 Å². The zero-order chi connectivity index (χ0) is 16.7. The van der Waals surface area contributed by atoms with Crippen molar-refractivity contribution in [3.05, 3.63) is 0 Å². The summed E-state index contributed by atoms with van der Waals surface area (Å²) in [6.45, 7) is 8.75. The summed E-state index contributed by atoms with van der Waals surface area (Å²) in [5.74, 6) is 0.816. The van der Waals surface area contributed by atoms with Crippen LogP contribution in [0.3, 0.4) is 0 Å². The molecule has 3 rings (SSSR count). The molecule has 0 aromatic rings. The van der Waals surface area contributed by atoms with E-state index in [1.54, 1.807) is 4.31 Å². The molecule has 2 saturated heterocycles. The summed E-state index contributed by atoms with van der Waals surface area (Å²) in [5.41, 5.74) is 0.291. The Morgan fingerprint density at radius 2 is 1.83 bits per heavy atom. The predicted octanol–water partition coefficient (Wildman–Crippen LogP) is 1.94. The molecule has 0 aromatic heterocycles. The summed E-state index contributed by atoms with van der Waals surface area (Å²) in [5, 5.41) is 0. The Balaban J connectivity index is 1.58. The Bertz CT molecular complexity index is 508. The fourth-order valence-electron chi connectivity index (χ4n) is 4.27. The molecule has 6 heteroatoms. The minimum Gasteiger partial charge on any atom is -0.380 e. The molecule has 1 spiro atoms. The highest BCUT2D eigenvalue weighted by Crippen LogP contribution is 2.44. The molecular formula is C17H32N2O3S. The van der Waals surface area contributed by atoms with Gasteiger partial charge in [0.1, 0.15) is 0 Å². The van der Waals surface area contributed by atoms with Gasteiger partial charge in [0.2, 0.25) is 10.0 Å². The first kappa shape index (κ1) is 17.6. The van der Waals surface area contributed by atoms with Gasteiger partial charge in [0.15, 0.2) is 0 Å². The second kappa shape index (κ2) is 6.62. The van der Waals surface area contributed by atoms with E-state index < -0.39 is 10.0 Å². The lowest BCUT2D eigenvalue weighted by Crippen LogP contribution is -2.44. The number of likely N-dealkylation sites (tertiary alicyclic amines) is 1. The monoisotopic (exact) mass is 344 g/mol. The number of hydrogen-bond acceptors (Lipinski definition) is 4. The van der Waals surface area contributed by atoms with E-state index in [0.717, 1.165) is 44.9 Å². The van der Waals surface area contributed by atoms with Crippen LogP contribution in [0.25, 0.3) is 0 Å². The first-order chi connectivity index (χ1) is 10.8. The maximum absolute atomic E-state index is 11.7. The van der Waals surface area contributed by atoms with Gasteiger partial charge in [-0.3, -0.25) is 4.90 Å². The minimum absolute atomic E-state index is 0.291. The second-order valence-corrected chi connectivity index (χ2v) is 10.2. The third-order valence-corrected chi connectivity index (χ3v) is 7.23. The van der Waals surface area contributed by atoms with E-state index in [4.69, 9.17) is 4.74 Å². The van der Waals surface area contributed by atoms with Crippen LogP contribution in [0.5, 0.6) is 0 Å².